The van der Waals surface area contributed by atoms with Gasteiger partial charge in [0, 0.05) is 25.2 Å². The molecule has 4 atom stereocenters. The summed E-state index contributed by atoms with van der Waals surface area (Å²) in [5, 5.41) is 11.8. The van der Waals surface area contributed by atoms with Gasteiger partial charge in [-0.2, -0.15) is 0 Å². The maximum Gasteiger partial charge on any atom is 4.00 e. The molecule has 0 radical (unpaired) electrons. The number of halogens is 3. The molecule has 1 aliphatic heterocycles. The zero-order valence-electron chi connectivity index (χ0n) is 13.7. The van der Waals surface area contributed by atoms with Gasteiger partial charge in [0.05, 0.1) is 0 Å². The first-order valence-corrected chi connectivity index (χ1v) is 6.82. The predicted molar refractivity (Wildman–Crippen MR) is 74.7 cm³/mol. The molecule has 0 aromatic heterocycles. The quantitative estimate of drug-likeness (QED) is 0.401. The Balaban J connectivity index is -0.000000361. The van der Waals surface area contributed by atoms with Crippen molar-refractivity contribution in [2.45, 2.75) is 51.9 Å². The van der Waals surface area contributed by atoms with Crippen LogP contribution < -0.4 is 47.9 Å². The monoisotopic (exact) mass is 394 g/mol. The standard InChI is InChI=1S/C13H29N4.3ClH.Ti/c1-10-7-15-12(3)9-17(5)13(4)8-16-11(2)6-14-10;;;;/h10-15H,6-9H2,1-5H3;3*1H;/q-1;;;;+4/p-3. The number of nitrogens with zero attached hydrogens (tertiary/aromatic N) is 2. The third kappa shape index (κ3) is 13.6. The van der Waals surface area contributed by atoms with E-state index in [1.807, 2.05) is 0 Å². The first-order chi connectivity index (χ1) is 7.99. The molecule has 8 heteroatoms. The van der Waals surface area contributed by atoms with Crippen LogP contribution in [-0.2, 0) is 21.7 Å². The van der Waals surface area contributed by atoms with Gasteiger partial charge in [-0.3, -0.25) is 0 Å². The third-order valence-corrected chi connectivity index (χ3v) is 3.53. The molecule has 21 heavy (non-hydrogen) atoms. The van der Waals surface area contributed by atoms with Crippen molar-refractivity contribution in [2.75, 3.05) is 33.2 Å². The minimum Gasteiger partial charge on any atom is -1.00 e. The fourth-order valence-electron chi connectivity index (χ4n) is 2.03. The Bertz CT molecular complexity index is 228. The van der Waals surface area contributed by atoms with Crippen molar-refractivity contribution in [3.8, 4) is 0 Å². The van der Waals surface area contributed by atoms with E-state index in [0.29, 0.717) is 24.2 Å². The fourth-order valence-corrected chi connectivity index (χ4v) is 2.03. The van der Waals surface area contributed by atoms with E-state index < -0.39 is 0 Å². The van der Waals surface area contributed by atoms with Crippen LogP contribution in [0.1, 0.15) is 27.7 Å². The molecule has 126 valence electrons. The van der Waals surface area contributed by atoms with Gasteiger partial charge in [-0.25, -0.2) is 0 Å². The number of nitrogens with one attached hydrogen (secondary N) is 2. The number of likely N-dealkylation sites (N-methyl/N-ethyl adjacent to an activating group) is 1. The van der Waals surface area contributed by atoms with Crippen LogP contribution in [0.2, 0.25) is 0 Å². The van der Waals surface area contributed by atoms with Gasteiger partial charge < -0.3 is 58.1 Å². The normalized spacial score (nSPS) is 31.9. The third-order valence-electron chi connectivity index (χ3n) is 3.53. The average molecular weight is 396 g/mol. The van der Waals surface area contributed by atoms with Crippen LogP contribution in [0.15, 0.2) is 0 Å². The second kappa shape index (κ2) is 16.3. The molecule has 0 saturated carbocycles. The topological polar surface area (TPSA) is 41.4 Å². The van der Waals surface area contributed by atoms with E-state index in [0.717, 1.165) is 26.2 Å². The van der Waals surface area contributed by atoms with Gasteiger partial charge in [0.1, 0.15) is 0 Å². The van der Waals surface area contributed by atoms with Crippen molar-refractivity contribution >= 4 is 0 Å². The second-order valence-corrected chi connectivity index (χ2v) is 5.62. The van der Waals surface area contributed by atoms with Gasteiger partial charge >= 0.3 is 21.7 Å². The summed E-state index contributed by atoms with van der Waals surface area (Å²) in [6.45, 7) is 12.9. The summed E-state index contributed by atoms with van der Waals surface area (Å²) in [5.74, 6) is 0. The van der Waals surface area contributed by atoms with Crippen LogP contribution in [0.4, 0.5) is 0 Å². The molecular formula is C13H29Cl3N4Ti. The van der Waals surface area contributed by atoms with E-state index >= 15 is 0 Å². The Morgan fingerprint density at radius 3 is 2.00 bits per heavy atom. The zero-order chi connectivity index (χ0) is 12.8. The second-order valence-electron chi connectivity index (χ2n) is 5.62. The molecule has 2 N–H and O–H groups in total. The van der Waals surface area contributed by atoms with Gasteiger partial charge in [-0.1, -0.05) is 13.8 Å². The maximum absolute atomic E-state index is 4.72. The van der Waals surface area contributed by atoms with Crippen LogP contribution >= 0.6 is 0 Å². The minimum atomic E-state index is 0. The van der Waals surface area contributed by atoms with Gasteiger partial charge in [0.2, 0.25) is 0 Å². The van der Waals surface area contributed by atoms with E-state index in [9.17, 15) is 0 Å². The van der Waals surface area contributed by atoms with Crippen molar-refractivity contribution in [3.63, 3.8) is 0 Å². The van der Waals surface area contributed by atoms with Gasteiger partial charge in [0.25, 0.3) is 0 Å². The molecular weight excluding hydrogens is 366 g/mol. The molecule has 4 unspecified atom stereocenters. The summed E-state index contributed by atoms with van der Waals surface area (Å²) in [5.41, 5.74) is 0. The molecule has 1 saturated heterocycles. The summed E-state index contributed by atoms with van der Waals surface area (Å²) in [7, 11) is 2.19. The van der Waals surface area contributed by atoms with E-state index in [2.05, 4.69) is 50.3 Å². The molecule has 4 nitrogen and oxygen atoms in total. The molecule has 0 spiro atoms. The van der Waals surface area contributed by atoms with Crippen molar-refractivity contribution in [1.82, 2.24) is 15.5 Å². The Labute approximate surface area is 164 Å². The molecule has 1 aliphatic rings. The first-order valence-electron chi connectivity index (χ1n) is 6.82. The molecule has 0 aliphatic carbocycles. The number of hydrogen-bond donors (Lipinski definition) is 2. The van der Waals surface area contributed by atoms with Gasteiger partial charge in [-0.05, 0) is 33.5 Å². The fraction of sp³-hybridized carbons (Fsp3) is 1.00. The van der Waals surface area contributed by atoms with Gasteiger partial charge in [0.15, 0.2) is 0 Å². The van der Waals surface area contributed by atoms with Crippen LogP contribution in [0.3, 0.4) is 0 Å². The van der Waals surface area contributed by atoms with Crippen LogP contribution in [0.5, 0.6) is 0 Å². The predicted octanol–water partition coefficient (Wildman–Crippen LogP) is -7.95. The summed E-state index contributed by atoms with van der Waals surface area (Å²) in [6.07, 6.45) is 0. The Morgan fingerprint density at radius 2 is 1.43 bits per heavy atom. The summed E-state index contributed by atoms with van der Waals surface area (Å²) < 4.78 is 0. The summed E-state index contributed by atoms with van der Waals surface area (Å²) in [6, 6.07) is 1.98. The zero-order valence-corrected chi connectivity index (χ0v) is 17.5. The molecule has 0 aromatic rings. The summed E-state index contributed by atoms with van der Waals surface area (Å²) >= 11 is 0. The Kier molecular flexibility index (Phi) is 23.5. The van der Waals surface area contributed by atoms with E-state index in [1.54, 1.807) is 0 Å². The average Bonchev–Trinajstić information content (AvgIpc) is 2.29. The van der Waals surface area contributed by atoms with Crippen molar-refractivity contribution in [3.05, 3.63) is 5.32 Å². The largest absolute Gasteiger partial charge is 4.00 e. The van der Waals surface area contributed by atoms with Crippen LogP contribution in [-0.4, -0.2) is 62.3 Å². The maximum atomic E-state index is 4.72. The van der Waals surface area contributed by atoms with Crippen molar-refractivity contribution < 1.29 is 58.9 Å². The first kappa shape index (κ1) is 30.3. The summed E-state index contributed by atoms with van der Waals surface area (Å²) in [4.78, 5) is 2.40. The smallest absolute Gasteiger partial charge is 1.00 e. The molecule has 1 heterocycles. The number of hydrogen-bond acceptors (Lipinski definition) is 3. The molecule has 1 rings (SSSR count). The van der Waals surface area contributed by atoms with Crippen LogP contribution in [0.25, 0.3) is 5.32 Å². The molecule has 0 aromatic carbocycles. The SMILES string of the molecule is CC1CNC(C)CNC(C)CN(C)C(C)C[N-]1.[Cl-].[Cl-].[Cl-].[Ti+4]. The van der Waals surface area contributed by atoms with E-state index in [4.69, 9.17) is 5.32 Å². The molecule has 1 fully saturated rings. The van der Waals surface area contributed by atoms with E-state index in [1.165, 1.54) is 0 Å². The molecule has 0 bridgehead atoms. The van der Waals surface area contributed by atoms with E-state index in [-0.39, 0.29) is 58.9 Å². The Morgan fingerprint density at radius 1 is 0.905 bits per heavy atom. The Hall–Kier alpha value is 1.42. The minimum absolute atomic E-state index is 0. The van der Waals surface area contributed by atoms with Gasteiger partial charge in [-0.15, -0.1) is 12.6 Å². The van der Waals surface area contributed by atoms with Crippen molar-refractivity contribution in [1.29, 1.82) is 0 Å². The number of rotatable bonds is 0. The molecule has 0 amide bonds. The van der Waals surface area contributed by atoms with Crippen LogP contribution in [0, 0.1) is 0 Å². The van der Waals surface area contributed by atoms with Crippen molar-refractivity contribution in [2.24, 2.45) is 0 Å².